The molecule has 2 aliphatic rings. The molecule has 0 aromatic rings. The smallest absolute Gasteiger partial charge is 0.306 e. The average molecular weight is 226 g/mol. The van der Waals surface area contributed by atoms with Crippen molar-refractivity contribution in [1.29, 1.82) is 0 Å². The molecule has 2 fully saturated rings. The number of nitrogens with zero attached hydrogens (tertiary/aromatic N) is 1. The van der Waals surface area contributed by atoms with E-state index in [1.807, 2.05) is 0 Å². The number of hydrogen-bond donors (Lipinski definition) is 2. The molecule has 5 nitrogen and oxygen atoms in total. The van der Waals surface area contributed by atoms with Gasteiger partial charge < -0.3 is 15.7 Å². The molecule has 1 saturated heterocycles. The largest absolute Gasteiger partial charge is 0.481 e. The maximum atomic E-state index is 11.7. The predicted octanol–water partition coefficient (Wildman–Crippen LogP) is 0.0469. The number of carbonyl (C=O) groups is 2. The Balaban J connectivity index is 1.90. The van der Waals surface area contributed by atoms with Crippen molar-refractivity contribution in [3.8, 4) is 0 Å². The lowest BCUT2D eigenvalue weighted by atomic mass is 9.61. The van der Waals surface area contributed by atoms with E-state index in [2.05, 4.69) is 0 Å². The second-order valence-corrected chi connectivity index (χ2v) is 5.24. The van der Waals surface area contributed by atoms with Crippen molar-refractivity contribution in [1.82, 2.24) is 4.90 Å². The van der Waals surface area contributed by atoms with E-state index in [1.54, 1.807) is 11.8 Å². The van der Waals surface area contributed by atoms with Crippen LogP contribution in [0.4, 0.5) is 0 Å². The molecular weight excluding hydrogens is 208 g/mol. The normalized spacial score (nSPS) is 34.9. The number of carboxylic acids is 1. The molecule has 1 atom stereocenters. The zero-order chi connectivity index (χ0) is 11.9. The van der Waals surface area contributed by atoms with Crippen LogP contribution in [0, 0.1) is 11.3 Å². The molecule has 1 saturated carbocycles. The monoisotopic (exact) mass is 226 g/mol. The van der Waals surface area contributed by atoms with Crippen molar-refractivity contribution in [2.75, 3.05) is 13.1 Å². The average Bonchev–Trinajstić information content (AvgIpc) is 2.58. The van der Waals surface area contributed by atoms with Gasteiger partial charge in [-0.05, 0) is 31.6 Å². The summed E-state index contributed by atoms with van der Waals surface area (Å²) < 4.78 is 0. The lowest BCUT2D eigenvalue weighted by Gasteiger charge is -2.43. The fraction of sp³-hybridized carbons (Fsp3) is 0.818. The summed E-state index contributed by atoms with van der Waals surface area (Å²) in [6, 6.07) is -0.453. The Hall–Kier alpha value is -1.10. The van der Waals surface area contributed by atoms with Gasteiger partial charge in [0.2, 0.25) is 5.91 Å². The highest BCUT2D eigenvalue weighted by Gasteiger charge is 2.51. The third kappa shape index (κ3) is 1.80. The lowest BCUT2D eigenvalue weighted by Crippen LogP contribution is -2.46. The lowest BCUT2D eigenvalue weighted by molar-refractivity contribution is -0.149. The van der Waals surface area contributed by atoms with Crippen LogP contribution >= 0.6 is 0 Å². The molecule has 3 N–H and O–H groups in total. The Labute approximate surface area is 94.6 Å². The maximum absolute atomic E-state index is 11.7. The molecule has 0 radical (unpaired) electrons. The summed E-state index contributed by atoms with van der Waals surface area (Å²) in [7, 11) is 0. The summed E-state index contributed by atoms with van der Waals surface area (Å²) in [5.41, 5.74) is 5.63. The molecule has 1 heterocycles. The number of carboxylic acid groups (broad SMARTS) is 1. The minimum Gasteiger partial charge on any atom is -0.481 e. The Morgan fingerprint density at radius 2 is 2.12 bits per heavy atom. The molecule has 1 amide bonds. The van der Waals surface area contributed by atoms with Crippen molar-refractivity contribution >= 4 is 11.9 Å². The van der Waals surface area contributed by atoms with Gasteiger partial charge in [-0.1, -0.05) is 0 Å². The van der Waals surface area contributed by atoms with Crippen LogP contribution in [0.3, 0.4) is 0 Å². The zero-order valence-electron chi connectivity index (χ0n) is 9.48. The third-order valence-corrected chi connectivity index (χ3v) is 3.85. The van der Waals surface area contributed by atoms with Gasteiger partial charge in [-0.3, -0.25) is 9.59 Å². The molecule has 0 aromatic heterocycles. The van der Waals surface area contributed by atoms with Crippen molar-refractivity contribution in [3.05, 3.63) is 0 Å². The molecule has 1 spiro atoms. The highest BCUT2D eigenvalue weighted by Crippen LogP contribution is 2.51. The molecule has 16 heavy (non-hydrogen) atoms. The SMILES string of the molecule is C[C@@H](N)C(=O)N1CCC2(CC(C(=O)O)C2)C1. The van der Waals surface area contributed by atoms with Gasteiger partial charge in [-0.15, -0.1) is 0 Å². The van der Waals surface area contributed by atoms with Gasteiger partial charge >= 0.3 is 5.97 Å². The first-order chi connectivity index (χ1) is 7.43. The summed E-state index contributed by atoms with van der Waals surface area (Å²) >= 11 is 0. The summed E-state index contributed by atoms with van der Waals surface area (Å²) in [6.07, 6.45) is 2.35. The number of likely N-dealkylation sites (tertiary alicyclic amines) is 1. The van der Waals surface area contributed by atoms with Crippen LogP contribution < -0.4 is 5.73 Å². The van der Waals surface area contributed by atoms with Crippen LogP contribution in [0.2, 0.25) is 0 Å². The Morgan fingerprint density at radius 3 is 2.62 bits per heavy atom. The van der Waals surface area contributed by atoms with Crippen molar-refractivity contribution in [2.45, 2.75) is 32.2 Å². The van der Waals surface area contributed by atoms with E-state index in [9.17, 15) is 9.59 Å². The Kier molecular flexibility index (Phi) is 2.66. The minimum absolute atomic E-state index is 0.0179. The standard InChI is InChI=1S/C11H18N2O3/c1-7(12)9(14)13-3-2-11(6-13)4-8(5-11)10(15)16/h7-8H,2-6,12H2,1H3,(H,15,16)/t7-,8?,11?/m1/s1. The van der Waals surface area contributed by atoms with E-state index in [4.69, 9.17) is 10.8 Å². The highest BCUT2D eigenvalue weighted by molar-refractivity contribution is 5.81. The first kappa shape index (κ1) is 11.4. The molecule has 1 aliphatic carbocycles. The number of carbonyl (C=O) groups excluding carboxylic acids is 1. The predicted molar refractivity (Wildman–Crippen MR) is 57.6 cm³/mol. The minimum atomic E-state index is -0.706. The summed E-state index contributed by atoms with van der Waals surface area (Å²) in [5.74, 6) is -0.927. The molecule has 5 heteroatoms. The van der Waals surface area contributed by atoms with E-state index in [1.165, 1.54) is 0 Å². The molecule has 0 aromatic carbocycles. The van der Waals surface area contributed by atoms with E-state index < -0.39 is 12.0 Å². The topological polar surface area (TPSA) is 83.6 Å². The molecule has 0 unspecified atom stereocenters. The van der Waals surface area contributed by atoms with Gasteiger partial charge in [-0.2, -0.15) is 0 Å². The molecular formula is C11H18N2O3. The van der Waals surface area contributed by atoms with Crippen LogP contribution in [-0.2, 0) is 9.59 Å². The first-order valence-corrected chi connectivity index (χ1v) is 5.71. The fourth-order valence-corrected chi connectivity index (χ4v) is 2.90. The van der Waals surface area contributed by atoms with E-state index in [0.717, 1.165) is 13.0 Å². The van der Waals surface area contributed by atoms with Gasteiger partial charge in [-0.25, -0.2) is 0 Å². The van der Waals surface area contributed by atoms with E-state index in [-0.39, 0.29) is 17.2 Å². The van der Waals surface area contributed by atoms with Gasteiger partial charge in [0.1, 0.15) is 0 Å². The summed E-state index contributed by atoms with van der Waals surface area (Å²) in [6.45, 7) is 3.11. The summed E-state index contributed by atoms with van der Waals surface area (Å²) in [5, 5.41) is 8.84. The van der Waals surface area contributed by atoms with E-state index in [0.29, 0.717) is 19.4 Å². The van der Waals surface area contributed by atoms with Crippen LogP contribution in [-0.4, -0.2) is 41.0 Å². The Morgan fingerprint density at radius 1 is 1.50 bits per heavy atom. The van der Waals surface area contributed by atoms with Gasteiger partial charge in [0.05, 0.1) is 12.0 Å². The van der Waals surface area contributed by atoms with Crippen LogP contribution in [0.1, 0.15) is 26.2 Å². The van der Waals surface area contributed by atoms with Crippen molar-refractivity contribution in [2.24, 2.45) is 17.1 Å². The first-order valence-electron chi connectivity index (χ1n) is 5.71. The second-order valence-electron chi connectivity index (χ2n) is 5.24. The number of rotatable bonds is 2. The summed E-state index contributed by atoms with van der Waals surface area (Å²) in [4.78, 5) is 24.2. The zero-order valence-corrected chi connectivity index (χ0v) is 9.48. The molecule has 1 aliphatic heterocycles. The third-order valence-electron chi connectivity index (χ3n) is 3.85. The number of amides is 1. The Bertz CT molecular complexity index is 321. The van der Waals surface area contributed by atoms with Gasteiger partial charge in [0.25, 0.3) is 0 Å². The number of nitrogens with two attached hydrogens (primary N) is 1. The number of aliphatic carboxylic acids is 1. The molecule has 90 valence electrons. The molecule has 2 rings (SSSR count). The van der Waals surface area contributed by atoms with Crippen molar-refractivity contribution in [3.63, 3.8) is 0 Å². The maximum Gasteiger partial charge on any atom is 0.306 e. The second kappa shape index (κ2) is 3.73. The van der Waals surface area contributed by atoms with E-state index >= 15 is 0 Å². The van der Waals surface area contributed by atoms with Gasteiger partial charge in [0, 0.05) is 13.1 Å². The fourth-order valence-electron chi connectivity index (χ4n) is 2.90. The number of hydrogen-bond acceptors (Lipinski definition) is 3. The quantitative estimate of drug-likeness (QED) is 0.696. The van der Waals surface area contributed by atoms with Crippen LogP contribution in [0.5, 0.6) is 0 Å². The molecule has 0 bridgehead atoms. The highest BCUT2D eigenvalue weighted by atomic mass is 16.4. The van der Waals surface area contributed by atoms with Crippen molar-refractivity contribution < 1.29 is 14.7 Å². The van der Waals surface area contributed by atoms with Gasteiger partial charge in [0.15, 0.2) is 0 Å². The van der Waals surface area contributed by atoms with Crippen LogP contribution in [0.25, 0.3) is 0 Å². The van der Waals surface area contributed by atoms with Crippen LogP contribution in [0.15, 0.2) is 0 Å².